The maximum absolute atomic E-state index is 11.7. The summed E-state index contributed by atoms with van der Waals surface area (Å²) in [6.07, 6.45) is 0.802. The number of hydrogen-bond donors (Lipinski definition) is 0. The Morgan fingerprint density at radius 3 is 2.89 bits per heavy atom. The van der Waals surface area contributed by atoms with Gasteiger partial charge in [-0.15, -0.1) is 0 Å². The number of Topliss-reactive ketones (excluding diaryl/α,β-unsaturated/α-hetero) is 1. The van der Waals surface area contributed by atoms with Crippen LogP contribution in [0.3, 0.4) is 0 Å². The molecule has 1 atom stereocenters. The van der Waals surface area contributed by atoms with E-state index < -0.39 is 11.4 Å². The number of benzene rings is 1. The molecule has 1 aromatic carbocycles. The van der Waals surface area contributed by atoms with Crippen molar-refractivity contribution in [3.05, 3.63) is 28.7 Å². The monoisotopic (exact) mass is 326 g/mol. The van der Waals surface area contributed by atoms with Crippen molar-refractivity contribution in [2.45, 2.75) is 19.8 Å². The minimum atomic E-state index is -1.01. The molecule has 0 bridgehead atoms. The van der Waals surface area contributed by atoms with E-state index in [0.717, 1.165) is 4.47 Å². The van der Waals surface area contributed by atoms with E-state index in [2.05, 4.69) is 15.9 Å². The van der Waals surface area contributed by atoms with Crippen LogP contribution in [0.2, 0.25) is 0 Å². The highest BCUT2D eigenvalue weighted by Gasteiger charge is 2.48. The topological polar surface area (TPSA) is 52.6 Å². The number of rotatable bonds is 5. The lowest BCUT2D eigenvalue weighted by Gasteiger charge is -2.21. The van der Waals surface area contributed by atoms with Crippen molar-refractivity contribution in [2.75, 3.05) is 13.2 Å². The third-order valence-electron chi connectivity index (χ3n) is 3.42. The summed E-state index contributed by atoms with van der Waals surface area (Å²) >= 11 is 3.36. The van der Waals surface area contributed by atoms with Gasteiger partial charge in [-0.1, -0.05) is 22.0 Å². The molecule has 2 rings (SSSR count). The molecule has 1 aliphatic heterocycles. The van der Waals surface area contributed by atoms with Crippen molar-refractivity contribution in [2.24, 2.45) is 5.41 Å². The molecular weight excluding hydrogens is 312 g/mol. The quantitative estimate of drug-likeness (QED) is 0.616. The highest BCUT2D eigenvalue weighted by atomic mass is 79.9. The van der Waals surface area contributed by atoms with E-state index in [4.69, 9.17) is 9.47 Å². The Labute approximate surface area is 120 Å². The van der Waals surface area contributed by atoms with Gasteiger partial charge >= 0.3 is 5.97 Å². The van der Waals surface area contributed by atoms with E-state index in [1.807, 2.05) is 24.3 Å². The average Bonchev–Trinajstić information content (AvgIpc) is 2.72. The molecule has 0 amide bonds. The predicted octanol–water partition coefficient (Wildman–Crippen LogP) is 2.74. The van der Waals surface area contributed by atoms with Gasteiger partial charge in [0.05, 0.1) is 13.2 Å². The maximum atomic E-state index is 11.7. The van der Waals surface area contributed by atoms with Gasteiger partial charge in [0.2, 0.25) is 0 Å². The van der Waals surface area contributed by atoms with E-state index in [-0.39, 0.29) is 5.78 Å². The van der Waals surface area contributed by atoms with Crippen LogP contribution in [-0.2, 0) is 14.3 Å². The fourth-order valence-electron chi connectivity index (χ4n) is 2.18. The Bertz CT molecular complexity index is 500. The lowest BCUT2D eigenvalue weighted by Crippen LogP contribution is -2.35. The first-order chi connectivity index (χ1) is 9.04. The van der Waals surface area contributed by atoms with E-state index in [9.17, 15) is 9.59 Å². The molecule has 1 unspecified atom stereocenters. The molecule has 0 saturated carbocycles. The van der Waals surface area contributed by atoms with Crippen molar-refractivity contribution in [1.82, 2.24) is 0 Å². The van der Waals surface area contributed by atoms with Gasteiger partial charge in [-0.2, -0.15) is 0 Å². The van der Waals surface area contributed by atoms with E-state index in [1.54, 1.807) is 0 Å². The molecule has 1 aliphatic rings. The zero-order valence-electron chi connectivity index (χ0n) is 10.6. The third-order valence-corrected chi connectivity index (χ3v) is 3.91. The Kier molecular flexibility index (Phi) is 4.24. The summed E-state index contributed by atoms with van der Waals surface area (Å²) in [7, 11) is 0. The molecule has 102 valence electrons. The largest absolute Gasteiger partial charge is 0.494 e. The minimum Gasteiger partial charge on any atom is -0.494 e. The zero-order valence-corrected chi connectivity index (χ0v) is 12.2. The van der Waals surface area contributed by atoms with Gasteiger partial charge < -0.3 is 9.47 Å². The number of carbonyl (C=O) groups is 2. The van der Waals surface area contributed by atoms with Crippen molar-refractivity contribution in [1.29, 1.82) is 0 Å². The van der Waals surface area contributed by atoms with Crippen LogP contribution in [0, 0.1) is 5.41 Å². The van der Waals surface area contributed by atoms with Gasteiger partial charge in [-0.05, 0) is 25.1 Å². The predicted molar refractivity (Wildman–Crippen MR) is 72.9 cm³/mol. The second kappa shape index (κ2) is 5.74. The van der Waals surface area contributed by atoms with Gasteiger partial charge in [-0.25, -0.2) is 0 Å². The summed E-state index contributed by atoms with van der Waals surface area (Å²) < 4.78 is 11.4. The van der Waals surface area contributed by atoms with Crippen LogP contribution in [0.1, 0.15) is 19.8 Å². The molecule has 0 aromatic heterocycles. The van der Waals surface area contributed by atoms with Gasteiger partial charge in [0, 0.05) is 17.3 Å². The molecule has 0 N–H and O–H groups in total. The highest BCUT2D eigenvalue weighted by molar-refractivity contribution is 9.10. The van der Waals surface area contributed by atoms with Crippen molar-refractivity contribution >= 4 is 27.7 Å². The molecule has 0 radical (unpaired) electrons. The lowest BCUT2D eigenvalue weighted by atomic mass is 9.80. The molecule has 1 saturated heterocycles. The van der Waals surface area contributed by atoms with Crippen LogP contribution in [0.25, 0.3) is 0 Å². The van der Waals surface area contributed by atoms with Crippen LogP contribution < -0.4 is 4.74 Å². The first-order valence-electron chi connectivity index (χ1n) is 6.11. The summed E-state index contributed by atoms with van der Waals surface area (Å²) in [5, 5.41) is 0. The zero-order chi connectivity index (χ0) is 13.9. The van der Waals surface area contributed by atoms with Crippen LogP contribution >= 0.6 is 15.9 Å². The molecule has 19 heavy (non-hydrogen) atoms. The average molecular weight is 327 g/mol. The van der Waals surface area contributed by atoms with Crippen LogP contribution in [-0.4, -0.2) is 25.0 Å². The third kappa shape index (κ3) is 2.97. The molecule has 1 heterocycles. The normalized spacial score (nSPS) is 22.1. The fraction of sp³-hybridized carbons (Fsp3) is 0.429. The number of esters is 1. The van der Waals surface area contributed by atoms with E-state index in [1.165, 1.54) is 6.92 Å². The van der Waals surface area contributed by atoms with Gasteiger partial charge in [-0.3, -0.25) is 9.59 Å². The number of cyclic esters (lactones) is 1. The Hall–Kier alpha value is -1.36. The van der Waals surface area contributed by atoms with E-state index >= 15 is 0 Å². The second-order valence-electron chi connectivity index (χ2n) is 4.58. The molecular formula is C14H15BrO4. The molecule has 1 fully saturated rings. The minimum absolute atomic E-state index is 0.146. The summed E-state index contributed by atoms with van der Waals surface area (Å²) in [4.78, 5) is 23.4. The molecule has 0 spiro atoms. The fourth-order valence-corrected chi connectivity index (χ4v) is 2.56. The Morgan fingerprint density at radius 2 is 2.32 bits per heavy atom. The molecule has 4 nitrogen and oxygen atoms in total. The standard InChI is InChI=1S/C14H15BrO4/c1-10(16)14(6-8-19-13(14)17)5-7-18-12-4-2-3-11(15)9-12/h2-4,9H,5-8H2,1H3. The number of ether oxygens (including phenoxy) is 2. The Balaban J connectivity index is 1.97. The Morgan fingerprint density at radius 1 is 1.53 bits per heavy atom. The molecule has 0 aliphatic carbocycles. The lowest BCUT2D eigenvalue weighted by molar-refractivity contribution is -0.151. The summed E-state index contributed by atoms with van der Waals surface area (Å²) in [6, 6.07) is 7.44. The van der Waals surface area contributed by atoms with Gasteiger partial charge in [0.1, 0.15) is 16.9 Å². The number of carbonyl (C=O) groups excluding carboxylic acids is 2. The van der Waals surface area contributed by atoms with Gasteiger partial charge in [0.25, 0.3) is 0 Å². The summed E-state index contributed by atoms with van der Waals surface area (Å²) in [5.41, 5.74) is -1.01. The maximum Gasteiger partial charge on any atom is 0.319 e. The summed E-state index contributed by atoms with van der Waals surface area (Å²) in [6.45, 7) is 2.06. The van der Waals surface area contributed by atoms with Crippen LogP contribution in [0.5, 0.6) is 5.75 Å². The van der Waals surface area contributed by atoms with Crippen molar-refractivity contribution in [3.8, 4) is 5.75 Å². The SMILES string of the molecule is CC(=O)C1(CCOc2cccc(Br)c2)CCOC1=O. The van der Waals surface area contributed by atoms with Crippen LogP contribution in [0.4, 0.5) is 0 Å². The molecule has 1 aromatic rings. The van der Waals surface area contributed by atoms with E-state index in [0.29, 0.717) is 31.8 Å². The first kappa shape index (κ1) is 14.1. The van der Waals surface area contributed by atoms with Gasteiger partial charge in [0.15, 0.2) is 0 Å². The number of hydrogen-bond acceptors (Lipinski definition) is 4. The van der Waals surface area contributed by atoms with Crippen molar-refractivity contribution < 1.29 is 19.1 Å². The van der Waals surface area contributed by atoms with Crippen molar-refractivity contribution in [3.63, 3.8) is 0 Å². The second-order valence-corrected chi connectivity index (χ2v) is 5.50. The number of halogens is 1. The highest BCUT2D eigenvalue weighted by Crippen LogP contribution is 2.35. The first-order valence-corrected chi connectivity index (χ1v) is 6.90. The summed E-state index contributed by atoms with van der Waals surface area (Å²) in [5.74, 6) is 0.144. The molecule has 5 heteroatoms. The van der Waals surface area contributed by atoms with Crippen LogP contribution in [0.15, 0.2) is 28.7 Å². The number of ketones is 1. The smallest absolute Gasteiger partial charge is 0.319 e.